The number of aromatic hydroxyl groups is 1. The number of esters is 1. The summed E-state index contributed by atoms with van der Waals surface area (Å²) in [6.07, 6.45) is -0.339. The molecule has 0 bridgehead atoms. The third kappa shape index (κ3) is 6.42. The number of carbonyl (C=O) groups is 3. The molecule has 1 atom stereocenters. The number of amides is 1. The Labute approximate surface area is 190 Å². The predicted octanol–water partition coefficient (Wildman–Crippen LogP) is 2.93. The number of carbonyl (C=O) groups excluding carboxylic acids is 3. The van der Waals surface area contributed by atoms with Gasteiger partial charge in [-0.05, 0) is 44.9 Å². The summed E-state index contributed by atoms with van der Waals surface area (Å²) < 4.78 is 14.5. The van der Waals surface area contributed by atoms with E-state index in [0.717, 1.165) is 25.3 Å². The van der Waals surface area contributed by atoms with E-state index in [0.29, 0.717) is 13.1 Å². The first-order valence-electron chi connectivity index (χ1n) is 9.89. The molecule has 1 aromatic rings. The molecule has 0 heterocycles. The van der Waals surface area contributed by atoms with E-state index in [1.54, 1.807) is 26.8 Å². The van der Waals surface area contributed by atoms with Crippen molar-refractivity contribution < 1.29 is 38.6 Å². The number of hydrogen-bond acceptors (Lipinski definition) is 10. The first kappa shape index (κ1) is 26.9. The highest BCUT2D eigenvalue weighted by atomic mass is 16.7. The highest BCUT2D eigenvalue weighted by Crippen LogP contribution is 2.38. The Bertz CT molecular complexity index is 1010. The molecule has 0 aliphatic carbocycles. The summed E-state index contributed by atoms with van der Waals surface area (Å²) in [6.45, 7) is 6.94. The molecule has 12 nitrogen and oxygen atoms in total. The van der Waals surface area contributed by atoms with Crippen LogP contribution in [0.4, 0.5) is 10.5 Å². The smallest absolute Gasteiger partial charge is 0.499 e. The maximum atomic E-state index is 12.5. The number of phenols is 1. The van der Waals surface area contributed by atoms with Crippen molar-refractivity contribution in [1.29, 1.82) is 5.26 Å². The molecule has 1 aromatic carbocycles. The van der Waals surface area contributed by atoms with Crippen molar-refractivity contribution >= 4 is 29.8 Å². The van der Waals surface area contributed by atoms with Crippen LogP contribution in [-0.4, -0.2) is 58.8 Å². The van der Waals surface area contributed by atoms with Gasteiger partial charge in [0.2, 0.25) is 11.4 Å². The molecule has 0 saturated heterocycles. The van der Waals surface area contributed by atoms with Gasteiger partial charge >= 0.3 is 17.8 Å². The van der Waals surface area contributed by atoms with E-state index in [1.165, 1.54) is 11.8 Å². The number of nitro groups is 1. The summed E-state index contributed by atoms with van der Waals surface area (Å²) >= 11 is 0. The van der Waals surface area contributed by atoms with E-state index >= 15 is 0 Å². The van der Waals surface area contributed by atoms with Crippen LogP contribution < -0.4 is 4.74 Å². The van der Waals surface area contributed by atoms with Gasteiger partial charge in [-0.15, -0.1) is 0 Å². The molecule has 0 aliphatic heterocycles. The summed E-state index contributed by atoms with van der Waals surface area (Å²) in [4.78, 5) is 48.4. The Morgan fingerprint density at radius 1 is 1.27 bits per heavy atom. The first-order chi connectivity index (χ1) is 15.5. The fourth-order valence-corrected chi connectivity index (χ4v) is 2.67. The summed E-state index contributed by atoms with van der Waals surface area (Å²) in [5.74, 6) is -3.12. The Morgan fingerprint density at radius 2 is 1.88 bits per heavy atom. The minimum Gasteiger partial charge on any atom is -0.499 e. The average molecular weight is 463 g/mol. The van der Waals surface area contributed by atoms with Crippen molar-refractivity contribution in [2.24, 2.45) is 0 Å². The quantitative estimate of drug-likeness (QED) is 0.143. The molecule has 0 spiro atoms. The number of phenolic OH excluding ortho intramolecular Hbond substituents is 1. The highest BCUT2D eigenvalue weighted by Gasteiger charge is 2.38. The lowest BCUT2D eigenvalue weighted by Crippen LogP contribution is -2.41. The van der Waals surface area contributed by atoms with Gasteiger partial charge in [-0.25, -0.2) is 9.59 Å². The van der Waals surface area contributed by atoms with Crippen molar-refractivity contribution in [1.82, 2.24) is 4.90 Å². The Hall–Kier alpha value is -4.14. The molecule has 0 aromatic heterocycles. The van der Waals surface area contributed by atoms with Gasteiger partial charge < -0.3 is 24.2 Å². The van der Waals surface area contributed by atoms with E-state index in [4.69, 9.17) is 9.47 Å². The fourth-order valence-electron chi connectivity index (χ4n) is 2.67. The van der Waals surface area contributed by atoms with Crippen molar-refractivity contribution in [3.05, 3.63) is 33.4 Å². The van der Waals surface area contributed by atoms with Crippen LogP contribution in [0.25, 0.3) is 6.08 Å². The van der Waals surface area contributed by atoms with Gasteiger partial charge in [0, 0.05) is 19.2 Å². The van der Waals surface area contributed by atoms with Crippen LogP contribution in [0, 0.1) is 21.4 Å². The monoisotopic (exact) mass is 463 g/mol. The van der Waals surface area contributed by atoms with Crippen molar-refractivity contribution in [3.63, 3.8) is 0 Å². The van der Waals surface area contributed by atoms with E-state index in [-0.39, 0.29) is 17.6 Å². The second-order valence-electron chi connectivity index (χ2n) is 6.82. The van der Waals surface area contributed by atoms with Gasteiger partial charge in [0.1, 0.15) is 11.6 Å². The van der Waals surface area contributed by atoms with Crippen LogP contribution in [-0.2, 0) is 19.1 Å². The minimum atomic E-state index is -1.70. The zero-order valence-electron chi connectivity index (χ0n) is 18.9. The molecule has 1 rings (SSSR count). The van der Waals surface area contributed by atoms with Crippen molar-refractivity contribution in [3.8, 4) is 17.6 Å². The number of hydrogen-bond donors (Lipinski definition) is 1. The summed E-state index contributed by atoms with van der Waals surface area (Å²) in [7, 11) is 1.10. The van der Waals surface area contributed by atoms with Crippen LogP contribution in [0.3, 0.4) is 0 Å². The molecule has 0 fully saturated rings. The molecule has 33 heavy (non-hydrogen) atoms. The molecule has 12 heteroatoms. The van der Waals surface area contributed by atoms with Gasteiger partial charge in [-0.1, -0.05) is 6.92 Å². The Balaban J connectivity index is 3.43. The molecular weight excluding hydrogens is 438 g/mol. The van der Waals surface area contributed by atoms with E-state index < -0.39 is 45.7 Å². The van der Waals surface area contributed by atoms with Gasteiger partial charge in [0.15, 0.2) is 5.75 Å². The van der Waals surface area contributed by atoms with E-state index in [1.807, 2.05) is 0 Å². The van der Waals surface area contributed by atoms with Gasteiger partial charge in [-0.2, -0.15) is 5.26 Å². The maximum Gasteiger partial charge on any atom is 0.515 e. The minimum absolute atomic E-state index is 0.0304. The molecule has 1 N–H and O–H groups in total. The van der Waals surface area contributed by atoms with Gasteiger partial charge in [-0.3, -0.25) is 14.9 Å². The topological polar surface area (TPSA) is 169 Å². The molecular formula is C21H25N3O9. The van der Waals surface area contributed by atoms with Crippen LogP contribution in [0.5, 0.6) is 11.5 Å². The zero-order valence-corrected chi connectivity index (χ0v) is 18.9. The van der Waals surface area contributed by atoms with Gasteiger partial charge in [0.25, 0.3) is 5.91 Å². The van der Waals surface area contributed by atoms with Gasteiger partial charge in [0.05, 0.1) is 12.0 Å². The summed E-state index contributed by atoms with van der Waals surface area (Å²) in [6, 6.07) is 3.65. The van der Waals surface area contributed by atoms with Crippen LogP contribution in [0.15, 0.2) is 17.7 Å². The second kappa shape index (κ2) is 11.5. The lowest BCUT2D eigenvalue weighted by molar-refractivity contribution is -0.385. The Morgan fingerprint density at radius 3 is 2.33 bits per heavy atom. The molecule has 0 radical (unpaired) electrons. The highest BCUT2D eigenvalue weighted by molar-refractivity contribution is 6.01. The standard InChI is InChI=1S/C21H25N3O9/c1-6-21(4,19(27)31-5)33-20(28)32-16-11-13(10-15(17(16)25)24(29)30)9-14(12-22)18(26)23(7-2)8-3/h9-11,25H,6-8H2,1-5H3/b14-9+. The number of benzene rings is 1. The number of nitriles is 1. The lowest BCUT2D eigenvalue weighted by Gasteiger charge is -2.24. The van der Waals surface area contributed by atoms with E-state index in [9.17, 15) is 34.9 Å². The molecule has 178 valence electrons. The number of rotatable bonds is 9. The number of nitro benzene ring substituents is 1. The normalized spacial score (nSPS) is 12.7. The second-order valence-corrected chi connectivity index (χ2v) is 6.82. The molecule has 0 aliphatic rings. The van der Waals surface area contributed by atoms with E-state index in [2.05, 4.69) is 4.74 Å². The SMILES string of the molecule is CCN(CC)C(=O)/C(C#N)=C/c1cc(OC(=O)OC(C)(CC)C(=O)OC)c(O)c([N+](=O)[O-])c1. The van der Waals surface area contributed by atoms with Crippen LogP contribution >= 0.6 is 0 Å². The molecule has 1 amide bonds. The molecule has 1 unspecified atom stereocenters. The third-order valence-electron chi connectivity index (χ3n) is 4.78. The average Bonchev–Trinajstić information content (AvgIpc) is 2.78. The number of likely N-dealkylation sites (N-methyl/N-ethyl adjacent to an activating group) is 1. The lowest BCUT2D eigenvalue weighted by atomic mass is 10.0. The van der Waals surface area contributed by atoms with Crippen LogP contribution in [0.1, 0.15) is 39.7 Å². The fraction of sp³-hybridized carbons (Fsp3) is 0.429. The molecule has 0 saturated carbocycles. The zero-order chi connectivity index (χ0) is 25.3. The summed E-state index contributed by atoms with van der Waals surface area (Å²) in [5.41, 5.74) is -2.93. The summed E-state index contributed by atoms with van der Waals surface area (Å²) in [5, 5.41) is 30.9. The first-order valence-corrected chi connectivity index (χ1v) is 9.89. The number of methoxy groups -OCH3 is 1. The maximum absolute atomic E-state index is 12.5. The van der Waals surface area contributed by atoms with Crippen molar-refractivity contribution in [2.75, 3.05) is 20.2 Å². The third-order valence-corrected chi connectivity index (χ3v) is 4.78. The van der Waals surface area contributed by atoms with Crippen LogP contribution in [0.2, 0.25) is 0 Å². The predicted molar refractivity (Wildman–Crippen MR) is 114 cm³/mol. The van der Waals surface area contributed by atoms with Crippen molar-refractivity contribution in [2.45, 2.75) is 39.7 Å². The Kier molecular flexibility index (Phi) is 9.35. The largest absolute Gasteiger partial charge is 0.515 e. The number of nitrogens with zero attached hydrogens (tertiary/aromatic N) is 3. The number of ether oxygens (including phenoxy) is 3.